The maximum atomic E-state index is 12.8. The van der Waals surface area contributed by atoms with Gasteiger partial charge in [-0.05, 0) is 62.8 Å². The molecule has 2 aromatic rings. The molecule has 0 radical (unpaired) electrons. The number of hydrogen-bond acceptors (Lipinski definition) is 6. The number of rotatable bonds is 8. The number of amides is 2. The molecule has 2 fully saturated rings. The molecular weight excluding hydrogens is 428 g/mol. The van der Waals surface area contributed by atoms with Crippen LogP contribution in [-0.2, 0) is 26.0 Å². The Morgan fingerprint density at radius 2 is 1.81 bits per heavy atom. The molecule has 1 aliphatic carbocycles. The van der Waals surface area contributed by atoms with Gasteiger partial charge >= 0.3 is 0 Å². The highest BCUT2D eigenvalue weighted by Crippen LogP contribution is 2.37. The molecule has 1 saturated carbocycles. The lowest BCUT2D eigenvalue weighted by molar-refractivity contribution is -0.144. The molecule has 1 aromatic carbocycles. The van der Waals surface area contributed by atoms with Gasteiger partial charge in [0.2, 0.25) is 21.8 Å². The Morgan fingerprint density at radius 1 is 1.09 bits per heavy atom. The topological polar surface area (TPSA) is 108 Å². The van der Waals surface area contributed by atoms with Crippen LogP contribution < -0.4 is 10.0 Å². The molecule has 9 heteroatoms. The Morgan fingerprint density at radius 3 is 2.50 bits per heavy atom. The standard InChI is InChI=1S/C23H28N4O4S/c1-15-6-10-19(11-7-15)32(30,31)26-20-14-22(28)27(23(20)29)18-12-16(13-18)8-9-17-4-3-5-21(24-2)25-17/h3-7,10-11,16,18,20,26H,8-9,12-14H2,1-2H3,(H,24,25). The minimum absolute atomic E-state index is 0.0847. The first-order valence-electron chi connectivity index (χ1n) is 10.9. The van der Waals surface area contributed by atoms with Crippen molar-refractivity contribution in [3.63, 3.8) is 0 Å². The summed E-state index contributed by atoms with van der Waals surface area (Å²) >= 11 is 0. The van der Waals surface area contributed by atoms with Crippen molar-refractivity contribution in [3.05, 3.63) is 53.7 Å². The van der Waals surface area contributed by atoms with Crippen molar-refractivity contribution in [3.8, 4) is 0 Å². The highest BCUT2D eigenvalue weighted by molar-refractivity contribution is 7.89. The van der Waals surface area contributed by atoms with Crippen LogP contribution in [0.3, 0.4) is 0 Å². The van der Waals surface area contributed by atoms with Crippen LogP contribution in [0.2, 0.25) is 0 Å². The van der Waals surface area contributed by atoms with Crippen LogP contribution in [-0.4, -0.2) is 49.2 Å². The molecule has 1 aromatic heterocycles. The summed E-state index contributed by atoms with van der Waals surface area (Å²) in [5.41, 5.74) is 1.95. The second kappa shape index (κ2) is 8.99. The predicted molar refractivity (Wildman–Crippen MR) is 120 cm³/mol. The molecule has 0 bridgehead atoms. The SMILES string of the molecule is CNc1cccc(CCC2CC(N3C(=O)CC(NS(=O)(=O)c4ccc(C)cc4)C3=O)C2)n1. The number of nitrogens with one attached hydrogen (secondary N) is 2. The van der Waals surface area contributed by atoms with E-state index in [2.05, 4.69) is 15.0 Å². The summed E-state index contributed by atoms with van der Waals surface area (Å²) in [5.74, 6) is 0.501. The average molecular weight is 457 g/mol. The number of carbonyl (C=O) groups is 2. The zero-order valence-corrected chi connectivity index (χ0v) is 19.1. The van der Waals surface area contributed by atoms with Gasteiger partial charge in [0.25, 0.3) is 0 Å². The summed E-state index contributed by atoms with van der Waals surface area (Å²) in [6.07, 6.45) is 3.15. The Labute approximate surface area is 188 Å². The van der Waals surface area contributed by atoms with Crippen LogP contribution in [0.25, 0.3) is 0 Å². The number of carbonyl (C=O) groups excluding carboxylic acids is 2. The third-order valence-corrected chi connectivity index (χ3v) is 7.75. The maximum absolute atomic E-state index is 12.8. The monoisotopic (exact) mass is 456 g/mol. The normalized spacial score (nSPS) is 23.3. The van der Waals surface area contributed by atoms with E-state index in [9.17, 15) is 18.0 Å². The molecule has 4 rings (SSSR count). The highest BCUT2D eigenvalue weighted by Gasteiger charge is 2.47. The van der Waals surface area contributed by atoms with Crippen LogP contribution in [0.5, 0.6) is 0 Å². The van der Waals surface area contributed by atoms with E-state index in [0.717, 1.165) is 42.8 Å². The molecule has 2 heterocycles. The minimum atomic E-state index is -3.87. The molecule has 1 atom stereocenters. The second-order valence-electron chi connectivity index (χ2n) is 8.59. The van der Waals surface area contributed by atoms with E-state index in [1.165, 1.54) is 17.0 Å². The van der Waals surface area contributed by atoms with E-state index in [1.54, 1.807) is 12.1 Å². The Bertz CT molecular complexity index is 1110. The minimum Gasteiger partial charge on any atom is -0.373 e. The number of hydrogen-bond donors (Lipinski definition) is 2. The number of benzene rings is 1. The summed E-state index contributed by atoms with van der Waals surface area (Å²) in [6, 6.07) is 11.1. The molecular formula is C23H28N4O4S. The number of aromatic nitrogens is 1. The van der Waals surface area contributed by atoms with Gasteiger partial charge in [-0.15, -0.1) is 0 Å². The van der Waals surface area contributed by atoms with E-state index in [4.69, 9.17) is 0 Å². The molecule has 8 nitrogen and oxygen atoms in total. The molecule has 1 aliphatic heterocycles. The Balaban J connectivity index is 1.31. The number of nitrogens with zero attached hydrogens (tertiary/aromatic N) is 2. The smallest absolute Gasteiger partial charge is 0.248 e. The molecule has 170 valence electrons. The van der Waals surface area contributed by atoms with Crippen molar-refractivity contribution in [1.29, 1.82) is 0 Å². The summed E-state index contributed by atoms with van der Waals surface area (Å²) < 4.78 is 27.7. The number of imide groups is 1. The zero-order valence-electron chi connectivity index (χ0n) is 18.2. The second-order valence-corrected chi connectivity index (χ2v) is 10.3. The van der Waals surface area contributed by atoms with Gasteiger partial charge in [-0.25, -0.2) is 13.4 Å². The van der Waals surface area contributed by atoms with Gasteiger partial charge in [-0.3, -0.25) is 14.5 Å². The van der Waals surface area contributed by atoms with Gasteiger partial charge in [0.05, 0.1) is 11.3 Å². The summed E-state index contributed by atoms with van der Waals surface area (Å²) in [6.45, 7) is 1.86. The van der Waals surface area contributed by atoms with Gasteiger partial charge < -0.3 is 5.32 Å². The van der Waals surface area contributed by atoms with Crippen molar-refractivity contribution in [2.24, 2.45) is 5.92 Å². The van der Waals surface area contributed by atoms with E-state index in [0.29, 0.717) is 5.92 Å². The van der Waals surface area contributed by atoms with E-state index < -0.39 is 22.0 Å². The summed E-state index contributed by atoms with van der Waals surface area (Å²) in [4.78, 5) is 31.2. The molecule has 2 aliphatic rings. The fraction of sp³-hybridized carbons (Fsp3) is 0.435. The molecule has 1 saturated heterocycles. The fourth-order valence-corrected chi connectivity index (χ4v) is 5.55. The Kier molecular flexibility index (Phi) is 6.30. The van der Waals surface area contributed by atoms with Crippen LogP contribution in [0.4, 0.5) is 5.82 Å². The van der Waals surface area contributed by atoms with Crippen LogP contribution in [0.15, 0.2) is 47.4 Å². The zero-order chi connectivity index (χ0) is 22.9. The first kappa shape index (κ1) is 22.4. The summed E-state index contributed by atoms with van der Waals surface area (Å²) in [5, 5.41) is 3.03. The lowest BCUT2D eigenvalue weighted by Gasteiger charge is -2.40. The van der Waals surface area contributed by atoms with Crippen molar-refractivity contribution in [2.75, 3.05) is 12.4 Å². The van der Waals surface area contributed by atoms with E-state index in [-0.39, 0.29) is 23.3 Å². The third-order valence-electron chi connectivity index (χ3n) is 6.26. The van der Waals surface area contributed by atoms with Crippen LogP contribution >= 0.6 is 0 Å². The molecule has 2 amide bonds. The fourth-order valence-electron chi connectivity index (χ4n) is 4.36. The highest BCUT2D eigenvalue weighted by atomic mass is 32.2. The first-order valence-corrected chi connectivity index (χ1v) is 12.3. The van der Waals surface area contributed by atoms with E-state index >= 15 is 0 Å². The van der Waals surface area contributed by atoms with Gasteiger partial charge in [0.1, 0.15) is 11.9 Å². The number of anilines is 1. The predicted octanol–water partition coefficient (Wildman–Crippen LogP) is 2.25. The van der Waals surface area contributed by atoms with Crippen LogP contribution in [0, 0.1) is 12.8 Å². The molecule has 32 heavy (non-hydrogen) atoms. The van der Waals surface area contributed by atoms with Gasteiger partial charge in [-0.1, -0.05) is 23.8 Å². The largest absolute Gasteiger partial charge is 0.373 e. The van der Waals surface area contributed by atoms with E-state index in [1.807, 2.05) is 32.2 Å². The molecule has 2 N–H and O–H groups in total. The number of pyridine rings is 1. The van der Waals surface area contributed by atoms with Crippen molar-refractivity contribution in [1.82, 2.24) is 14.6 Å². The Hall–Kier alpha value is -2.78. The van der Waals surface area contributed by atoms with Crippen molar-refractivity contribution in [2.45, 2.75) is 56.0 Å². The molecule has 0 spiro atoms. The lowest BCUT2D eigenvalue weighted by atomic mass is 9.76. The first-order chi connectivity index (χ1) is 15.3. The maximum Gasteiger partial charge on any atom is 0.248 e. The van der Waals surface area contributed by atoms with Gasteiger partial charge in [0, 0.05) is 18.8 Å². The number of likely N-dealkylation sites (tertiary alicyclic amines) is 1. The lowest BCUT2D eigenvalue weighted by Crippen LogP contribution is -2.50. The summed E-state index contributed by atoms with van der Waals surface area (Å²) in [7, 11) is -2.04. The molecule has 1 unspecified atom stereocenters. The number of sulfonamides is 1. The van der Waals surface area contributed by atoms with Crippen LogP contribution in [0.1, 0.15) is 36.9 Å². The quantitative estimate of drug-likeness (QED) is 0.590. The van der Waals surface area contributed by atoms with Crippen molar-refractivity contribution < 1.29 is 18.0 Å². The van der Waals surface area contributed by atoms with Gasteiger partial charge in [0.15, 0.2) is 0 Å². The number of aryl methyl sites for hydroxylation is 2. The van der Waals surface area contributed by atoms with Crippen molar-refractivity contribution >= 4 is 27.7 Å². The third kappa shape index (κ3) is 4.68. The average Bonchev–Trinajstić information content (AvgIpc) is 3.00. The van der Waals surface area contributed by atoms with Gasteiger partial charge in [-0.2, -0.15) is 4.72 Å².